The van der Waals surface area contributed by atoms with Crippen molar-refractivity contribution in [1.29, 1.82) is 0 Å². The van der Waals surface area contributed by atoms with Gasteiger partial charge in [-0.25, -0.2) is 9.19 Å². The highest BCUT2D eigenvalue weighted by atomic mass is 32.2. The molecule has 1 unspecified atom stereocenters. The Morgan fingerprint density at radius 3 is 2.17 bits per heavy atom. The van der Waals surface area contributed by atoms with Gasteiger partial charge in [0.1, 0.15) is 11.4 Å². The van der Waals surface area contributed by atoms with E-state index in [4.69, 9.17) is 0 Å². The van der Waals surface area contributed by atoms with Gasteiger partial charge in [0, 0.05) is 25.0 Å². The number of anilines is 1. The zero-order valence-electron chi connectivity index (χ0n) is 19.0. The van der Waals surface area contributed by atoms with Gasteiger partial charge in [-0.1, -0.05) is 31.1 Å². The Bertz CT molecular complexity index is 1090. The second-order valence-corrected chi connectivity index (χ2v) is 9.09. The molecule has 1 heterocycles. The van der Waals surface area contributed by atoms with E-state index in [-0.39, 0.29) is 17.2 Å². The van der Waals surface area contributed by atoms with E-state index in [1.807, 2.05) is 18.7 Å². The molecule has 0 amide bonds. The summed E-state index contributed by atoms with van der Waals surface area (Å²) in [5.74, 6) is -3.97. The van der Waals surface area contributed by atoms with E-state index in [0.717, 1.165) is 37.8 Å². The lowest BCUT2D eigenvalue weighted by Crippen LogP contribution is -2.25. The summed E-state index contributed by atoms with van der Waals surface area (Å²) in [5.41, 5.74) is -1.02. The van der Waals surface area contributed by atoms with Gasteiger partial charge in [-0.05, 0) is 47.7 Å². The van der Waals surface area contributed by atoms with Crippen LogP contribution in [0.1, 0.15) is 45.1 Å². The largest absolute Gasteiger partial charge is 0.417 e. The summed E-state index contributed by atoms with van der Waals surface area (Å²) in [6.45, 7) is 5.31. The second kappa shape index (κ2) is 12.8. The van der Waals surface area contributed by atoms with E-state index in [1.165, 1.54) is 12.1 Å². The van der Waals surface area contributed by atoms with Gasteiger partial charge >= 0.3 is 11.9 Å². The number of alkyl halides is 5. The van der Waals surface area contributed by atoms with Gasteiger partial charge in [-0.3, -0.25) is 0 Å². The van der Waals surface area contributed by atoms with Crippen LogP contribution >= 0.6 is 0 Å². The van der Waals surface area contributed by atoms with Crippen molar-refractivity contribution in [3.05, 3.63) is 42.1 Å². The Balaban J connectivity index is 2.52. The maximum Gasteiger partial charge on any atom is 0.417 e. The monoisotopic (exact) mass is 525 g/mol. The van der Waals surface area contributed by atoms with Crippen molar-refractivity contribution in [2.75, 3.05) is 18.0 Å². The first-order valence-electron chi connectivity index (χ1n) is 10.7. The molecule has 0 aliphatic carbocycles. The van der Waals surface area contributed by atoms with Crippen LogP contribution in [0.15, 0.2) is 51.1 Å². The average molecular weight is 526 g/mol. The molecule has 1 aromatic carbocycles. The van der Waals surface area contributed by atoms with Crippen molar-refractivity contribution >= 4 is 32.9 Å². The third-order valence-corrected chi connectivity index (χ3v) is 5.85. The molecule has 194 valence electrons. The molecule has 0 saturated carbocycles. The molecule has 0 radical (unpaired) electrons. The first kappa shape index (κ1) is 28.5. The van der Waals surface area contributed by atoms with Gasteiger partial charge < -0.3 is 4.90 Å². The molecule has 0 bridgehead atoms. The smallest absolute Gasteiger partial charge is 0.371 e. The van der Waals surface area contributed by atoms with Crippen LogP contribution in [0, 0.1) is 0 Å². The number of rotatable bonds is 12. The van der Waals surface area contributed by atoms with Crippen molar-refractivity contribution in [2.45, 2.75) is 51.5 Å². The minimum absolute atomic E-state index is 0.188. The molecule has 1 aromatic heterocycles. The fourth-order valence-corrected chi connectivity index (χ4v) is 3.45. The number of benzene rings is 1. The van der Waals surface area contributed by atoms with E-state index < -0.39 is 27.5 Å². The van der Waals surface area contributed by atoms with Crippen LogP contribution in [0.3, 0.4) is 0 Å². The van der Waals surface area contributed by atoms with Crippen LogP contribution in [0.5, 0.6) is 0 Å². The van der Waals surface area contributed by atoms with E-state index >= 15 is 0 Å². The van der Waals surface area contributed by atoms with Crippen molar-refractivity contribution in [3.63, 3.8) is 0 Å². The summed E-state index contributed by atoms with van der Waals surface area (Å²) in [5, 5.41) is 7.48. The molecule has 14 heteroatoms. The first-order chi connectivity index (χ1) is 16.5. The molecule has 2 rings (SSSR count). The Morgan fingerprint density at radius 2 is 1.69 bits per heavy atom. The number of aromatic nitrogens is 1. The fraction of sp³-hybridized carbons (Fsp3) is 0.476. The maximum atomic E-state index is 13.2. The van der Waals surface area contributed by atoms with Crippen LogP contribution in [0.2, 0.25) is 0 Å². The zero-order valence-corrected chi connectivity index (χ0v) is 19.8. The number of pyridine rings is 1. The Hall–Kier alpha value is -2.74. The van der Waals surface area contributed by atoms with E-state index in [9.17, 15) is 30.7 Å². The van der Waals surface area contributed by atoms with Gasteiger partial charge in [-0.2, -0.15) is 26.3 Å². The van der Waals surface area contributed by atoms with Gasteiger partial charge in [0.05, 0.1) is 5.56 Å². The highest BCUT2D eigenvalue weighted by Crippen LogP contribution is 2.36. The highest BCUT2D eigenvalue weighted by Gasteiger charge is 2.30. The Morgan fingerprint density at radius 1 is 1.03 bits per heavy atom. The van der Waals surface area contributed by atoms with Crippen LogP contribution in [-0.4, -0.2) is 28.0 Å². The topological polar surface area (TPSA) is 79.5 Å². The van der Waals surface area contributed by atoms with E-state index in [1.54, 1.807) is 6.07 Å². The summed E-state index contributed by atoms with van der Waals surface area (Å²) in [7, 11) is -5.04. The van der Waals surface area contributed by atoms with Gasteiger partial charge in [0.15, 0.2) is 5.82 Å². The molecule has 0 fully saturated rings. The van der Waals surface area contributed by atoms with Gasteiger partial charge in [0.25, 0.3) is 10.0 Å². The molecular weight excluding hydrogens is 500 g/mol. The number of azo groups is 1. The predicted molar refractivity (Wildman–Crippen MR) is 120 cm³/mol. The Labute approximate surface area is 199 Å². The lowest BCUT2D eigenvalue weighted by molar-refractivity contribution is -0.137. The zero-order chi connectivity index (χ0) is 26.1. The van der Waals surface area contributed by atoms with Crippen LogP contribution < -0.4 is 4.90 Å². The lowest BCUT2D eigenvalue weighted by Gasteiger charge is -2.25. The summed E-state index contributed by atoms with van der Waals surface area (Å²) >= 11 is 0. The maximum absolute atomic E-state index is 13.2. The van der Waals surface area contributed by atoms with Crippen molar-refractivity contribution < 1.29 is 35.1 Å². The SMILES string of the molecule is CCCCN(CCCC)c1ccc(N=Nc2ccc(C(F)(F)F)cn2)c(N=S(=O)(OF)C(F)F)c1. The molecule has 0 aliphatic heterocycles. The quantitative estimate of drug-likeness (QED) is 0.207. The fourth-order valence-electron chi connectivity index (χ4n) is 2.87. The van der Waals surface area contributed by atoms with Crippen LogP contribution in [0.25, 0.3) is 0 Å². The van der Waals surface area contributed by atoms with Crippen molar-refractivity contribution in [1.82, 2.24) is 4.98 Å². The third-order valence-electron chi connectivity index (χ3n) is 4.76. The third kappa shape index (κ3) is 8.16. The molecule has 0 saturated heterocycles. The van der Waals surface area contributed by atoms with Crippen molar-refractivity contribution in [3.8, 4) is 0 Å². The minimum Gasteiger partial charge on any atom is -0.371 e. The van der Waals surface area contributed by atoms with Crippen molar-refractivity contribution in [2.24, 2.45) is 14.6 Å². The number of nitrogens with zero attached hydrogens (tertiary/aromatic N) is 5. The highest BCUT2D eigenvalue weighted by molar-refractivity contribution is 7.89. The second-order valence-electron chi connectivity index (χ2n) is 7.40. The summed E-state index contributed by atoms with van der Waals surface area (Å²) in [4.78, 5) is 5.52. The van der Waals surface area contributed by atoms with Crippen LogP contribution in [0.4, 0.5) is 49.4 Å². The van der Waals surface area contributed by atoms with E-state index in [0.29, 0.717) is 25.0 Å². The molecule has 1 atom stereocenters. The molecular formula is C21H25F6N5O2S. The number of hydrogen-bond acceptors (Lipinski definition) is 7. The van der Waals surface area contributed by atoms with Crippen LogP contribution in [-0.2, 0) is 20.6 Å². The molecule has 2 aromatic rings. The predicted octanol–water partition coefficient (Wildman–Crippen LogP) is 8.06. The molecule has 0 spiro atoms. The van der Waals surface area contributed by atoms with E-state index in [2.05, 4.69) is 24.0 Å². The first-order valence-corrected chi connectivity index (χ1v) is 12.2. The standard InChI is InChI=1S/C21H25F6N5O2S/c1-3-5-11-32(12-6-4-2)16-8-9-17(18(13-16)31-35(33,34-27)20(22)23)29-30-19-10-7-15(14-28-19)21(24,25)26/h7-10,13-14,20H,3-6,11-12H2,1-2H3. The molecule has 0 aliphatic rings. The summed E-state index contributed by atoms with van der Waals surface area (Å²) in [6.07, 6.45) is -0.532. The molecule has 35 heavy (non-hydrogen) atoms. The summed E-state index contributed by atoms with van der Waals surface area (Å²) < 4.78 is 95.6. The molecule has 0 N–H and O–H groups in total. The summed E-state index contributed by atoms with van der Waals surface area (Å²) in [6, 6.07) is 5.97. The molecule has 7 nitrogen and oxygen atoms in total. The van der Waals surface area contributed by atoms with Gasteiger partial charge in [0.2, 0.25) is 0 Å². The minimum atomic E-state index is -5.04. The number of halogens is 6. The van der Waals surface area contributed by atoms with Gasteiger partial charge in [-0.15, -0.1) is 10.2 Å². The number of hydrogen-bond donors (Lipinski definition) is 0. The number of unbranched alkanes of at least 4 members (excludes halogenated alkanes) is 2. The average Bonchev–Trinajstić information content (AvgIpc) is 2.83. The normalized spacial score (nSPS) is 13.9. The lowest BCUT2D eigenvalue weighted by atomic mass is 10.2. The Kier molecular flexibility index (Phi) is 10.4.